The highest BCUT2D eigenvalue weighted by Gasteiger charge is 2.27. The summed E-state index contributed by atoms with van der Waals surface area (Å²) in [5.74, 6) is 1.48. The van der Waals surface area contributed by atoms with Crippen LogP contribution in [0.5, 0.6) is 0 Å². The number of rotatable bonds is 6. The van der Waals surface area contributed by atoms with Gasteiger partial charge in [-0.1, -0.05) is 39.3 Å². The standard InChI is InChI=1S/C16H29NO2/c1-6-17(7-2)10-16(18)19-11-15-13(4)8-12(3)9-14(15)5/h8,13-15H,6-7,9-11H2,1-5H3/t13-,14+,15-/m1/s1. The lowest BCUT2D eigenvalue weighted by Crippen LogP contribution is -2.33. The number of ether oxygens (including phenoxy) is 1. The number of likely N-dealkylation sites (N-methyl/N-ethyl adjacent to an activating group) is 1. The van der Waals surface area contributed by atoms with Crippen molar-refractivity contribution in [2.75, 3.05) is 26.2 Å². The normalized spacial score (nSPS) is 27.3. The predicted molar refractivity (Wildman–Crippen MR) is 78.9 cm³/mol. The Balaban J connectivity index is 2.41. The second-order valence-corrected chi connectivity index (χ2v) is 5.86. The smallest absolute Gasteiger partial charge is 0.320 e. The van der Waals surface area contributed by atoms with Crippen molar-refractivity contribution in [1.82, 2.24) is 4.90 Å². The first-order chi connectivity index (χ1) is 8.97. The summed E-state index contributed by atoms with van der Waals surface area (Å²) in [5, 5.41) is 0. The molecule has 1 aliphatic carbocycles. The zero-order valence-electron chi connectivity index (χ0n) is 13.1. The van der Waals surface area contributed by atoms with Crippen molar-refractivity contribution in [3.63, 3.8) is 0 Å². The monoisotopic (exact) mass is 267 g/mol. The van der Waals surface area contributed by atoms with E-state index in [-0.39, 0.29) is 5.97 Å². The number of hydrogen-bond acceptors (Lipinski definition) is 3. The van der Waals surface area contributed by atoms with E-state index in [4.69, 9.17) is 4.74 Å². The minimum Gasteiger partial charge on any atom is -0.464 e. The first kappa shape index (κ1) is 16.2. The van der Waals surface area contributed by atoms with Crippen LogP contribution in [0.15, 0.2) is 11.6 Å². The van der Waals surface area contributed by atoms with Crippen molar-refractivity contribution < 1.29 is 9.53 Å². The summed E-state index contributed by atoms with van der Waals surface area (Å²) in [4.78, 5) is 13.9. The van der Waals surface area contributed by atoms with Crippen molar-refractivity contribution in [3.8, 4) is 0 Å². The molecule has 3 atom stereocenters. The lowest BCUT2D eigenvalue weighted by molar-refractivity contribution is -0.147. The summed E-state index contributed by atoms with van der Waals surface area (Å²) in [6.07, 6.45) is 3.45. The Morgan fingerprint density at radius 3 is 2.53 bits per heavy atom. The van der Waals surface area contributed by atoms with Gasteiger partial charge in [-0.25, -0.2) is 0 Å². The number of esters is 1. The molecule has 0 aromatic carbocycles. The molecule has 3 heteroatoms. The molecule has 0 aliphatic heterocycles. The third kappa shape index (κ3) is 4.98. The van der Waals surface area contributed by atoms with E-state index in [2.05, 4.69) is 45.6 Å². The average molecular weight is 267 g/mol. The van der Waals surface area contributed by atoms with Crippen LogP contribution in [-0.2, 0) is 9.53 Å². The Morgan fingerprint density at radius 1 is 1.37 bits per heavy atom. The van der Waals surface area contributed by atoms with Gasteiger partial charge in [-0.05, 0) is 38.3 Å². The maximum atomic E-state index is 11.8. The van der Waals surface area contributed by atoms with Gasteiger partial charge in [-0.3, -0.25) is 9.69 Å². The predicted octanol–water partition coefficient (Wildman–Crippen LogP) is 3.11. The van der Waals surface area contributed by atoms with Gasteiger partial charge in [0.2, 0.25) is 0 Å². The number of hydrogen-bond donors (Lipinski definition) is 0. The van der Waals surface area contributed by atoms with E-state index in [1.807, 2.05) is 0 Å². The zero-order chi connectivity index (χ0) is 14.4. The van der Waals surface area contributed by atoms with E-state index in [0.717, 1.165) is 19.5 Å². The lowest BCUT2D eigenvalue weighted by atomic mass is 9.75. The Labute approximate surface area is 118 Å². The highest BCUT2D eigenvalue weighted by molar-refractivity contribution is 5.71. The molecule has 0 spiro atoms. The topological polar surface area (TPSA) is 29.5 Å². The molecular weight excluding hydrogens is 238 g/mol. The van der Waals surface area contributed by atoms with Crippen molar-refractivity contribution >= 4 is 5.97 Å². The molecule has 0 aromatic rings. The molecule has 0 N–H and O–H groups in total. The zero-order valence-corrected chi connectivity index (χ0v) is 13.1. The highest BCUT2D eigenvalue weighted by Crippen LogP contribution is 2.33. The number of allylic oxidation sites excluding steroid dienone is 2. The highest BCUT2D eigenvalue weighted by atomic mass is 16.5. The second kappa shape index (κ2) is 7.68. The van der Waals surface area contributed by atoms with E-state index in [1.165, 1.54) is 5.57 Å². The molecule has 0 unspecified atom stereocenters. The second-order valence-electron chi connectivity index (χ2n) is 5.86. The van der Waals surface area contributed by atoms with Gasteiger partial charge in [-0.2, -0.15) is 0 Å². The van der Waals surface area contributed by atoms with Crippen LogP contribution >= 0.6 is 0 Å². The van der Waals surface area contributed by atoms with Gasteiger partial charge >= 0.3 is 5.97 Å². The van der Waals surface area contributed by atoms with Gasteiger partial charge in [-0.15, -0.1) is 0 Å². The summed E-state index contributed by atoms with van der Waals surface area (Å²) >= 11 is 0. The molecule has 0 radical (unpaired) electrons. The van der Waals surface area contributed by atoms with Crippen LogP contribution in [0.25, 0.3) is 0 Å². The summed E-state index contributed by atoms with van der Waals surface area (Å²) in [6, 6.07) is 0. The molecule has 0 heterocycles. The van der Waals surface area contributed by atoms with E-state index in [0.29, 0.717) is 30.9 Å². The fourth-order valence-electron chi connectivity index (χ4n) is 3.00. The molecule has 3 nitrogen and oxygen atoms in total. The van der Waals surface area contributed by atoms with Crippen LogP contribution in [0.4, 0.5) is 0 Å². The van der Waals surface area contributed by atoms with Gasteiger partial charge in [0.05, 0.1) is 13.2 Å². The molecular formula is C16H29NO2. The molecule has 0 saturated heterocycles. The maximum Gasteiger partial charge on any atom is 0.320 e. The molecule has 1 rings (SSSR count). The Kier molecular flexibility index (Phi) is 6.56. The fraction of sp³-hybridized carbons (Fsp3) is 0.812. The minimum atomic E-state index is -0.0885. The number of carbonyl (C=O) groups excluding carboxylic acids is 1. The van der Waals surface area contributed by atoms with Gasteiger partial charge < -0.3 is 4.74 Å². The van der Waals surface area contributed by atoms with Gasteiger partial charge in [0.25, 0.3) is 0 Å². The molecule has 19 heavy (non-hydrogen) atoms. The Hall–Kier alpha value is -0.830. The number of carbonyl (C=O) groups is 1. The third-order valence-electron chi connectivity index (χ3n) is 4.28. The van der Waals surface area contributed by atoms with Crippen LogP contribution in [0.2, 0.25) is 0 Å². The molecule has 0 fully saturated rings. The van der Waals surface area contributed by atoms with Crippen LogP contribution in [-0.4, -0.2) is 37.1 Å². The largest absolute Gasteiger partial charge is 0.464 e. The van der Waals surface area contributed by atoms with E-state index in [1.54, 1.807) is 0 Å². The number of nitrogens with zero attached hydrogens (tertiary/aromatic N) is 1. The van der Waals surface area contributed by atoms with Gasteiger partial charge in [0, 0.05) is 5.92 Å². The molecule has 0 saturated carbocycles. The van der Waals surface area contributed by atoms with Gasteiger partial charge in [0.1, 0.15) is 0 Å². The van der Waals surface area contributed by atoms with E-state index in [9.17, 15) is 4.79 Å². The Morgan fingerprint density at radius 2 is 2.00 bits per heavy atom. The van der Waals surface area contributed by atoms with E-state index < -0.39 is 0 Å². The molecule has 110 valence electrons. The molecule has 0 bridgehead atoms. The summed E-state index contributed by atoms with van der Waals surface area (Å²) in [6.45, 7) is 13.6. The van der Waals surface area contributed by atoms with Crippen LogP contribution in [0.1, 0.15) is 41.0 Å². The quantitative estimate of drug-likeness (QED) is 0.547. The van der Waals surface area contributed by atoms with Crippen LogP contribution < -0.4 is 0 Å². The molecule has 1 aliphatic rings. The summed E-state index contributed by atoms with van der Waals surface area (Å²) in [7, 11) is 0. The van der Waals surface area contributed by atoms with Gasteiger partial charge in [0.15, 0.2) is 0 Å². The lowest BCUT2D eigenvalue weighted by Gasteiger charge is -2.32. The summed E-state index contributed by atoms with van der Waals surface area (Å²) in [5.41, 5.74) is 1.46. The average Bonchev–Trinajstić information content (AvgIpc) is 2.34. The van der Waals surface area contributed by atoms with Crippen molar-refractivity contribution in [2.24, 2.45) is 17.8 Å². The van der Waals surface area contributed by atoms with Crippen molar-refractivity contribution in [3.05, 3.63) is 11.6 Å². The van der Waals surface area contributed by atoms with Crippen molar-refractivity contribution in [1.29, 1.82) is 0 Å². The van der Waals surface area contributed by atoms with Crippen LogP contribution in [0, 0.1) is 17.8 Å². The maximum absolute atomic E-state index is 11.8. The first-order valence-electron chi connectivity index (χ1n) is 7.53. The minimum absolute atomic E-state index is 0.0885. The van der Waals surface area contributed by atoms with Crippen molar-refractivity contribution in [2.45, 2.75) is 41.0 Å². The molecule has 0 aromatic heterocycles. The SMILES string of the molecule is CCN(CC)CC(=O)OC[C@@H]1[C@H](C)C=C(C)C[C@@H]1C. The first-order valence-corrected chi connectivity index (χ1v) is 7.53. The third-order valence-corrected chi connectivity index (χ3v) is 4.28. The van der Waals surface area contributed by atoms with Crippen LogP contribution in [0.3, 0.4) is 0 Å². The van der Waals surface area contributed by atoms with E-state index >= 15 is 0 Å². The molecule has 0 amide bonds. The summed E-state index contributed by atoms with van der Waals surface area (Å²) < 4.78 is 5.48. The fourth-order valence-corrected chi connectivity index (χ4v) is 3.00. The Bertz CT molecular complexity index is 321.